The molecule has 6 atom stereocenters. The number of aliphatic hydroxyl groups excluding tert-OH is 1. The van der Waals surface area contributed by atoms with Crippen LogP contribution >= 0.6 is 0 Å². The second kappa shape index (κ2) is 12.9. The highest BCUT2D eigenvalue weighted by atomic mass is 16.4. The standard InChI is InChI=1S/C21H36N6O6/c1-6-11(4)15(22)19(30)25-14(7-13-8-23-9-24-13)18(29)26-16(10(2)3)20(31)27-17(12(5)28)21(32)33/h8-12,14-17,28H,6-7,22H2,1-5H3,(H,23,24)(H,25,30)(H,26,29)(H,27,31)(H,32,33). The fourth-order valence-electron chi connectivity index (χ4n) is 3.03. The van der Waals surface area contributed by atoms with Crippen LogP contribution in [0.1, 0.15) is 46.7 Å². The van der Waals surface area contributed by atoms with E-state index >= 15 is 0 Å². The quantitative estimate of drug-likeness (QED) is 0.189. The maximum atomic E-state index is 13.1. The van der Waals surface area contributed by atoms with Gasteiger partial charge in [0, 0.05) is 18.3 Å². The molecule has 1 heterocycles. The number of H-pyrrole nitrogens is 1. The van der Waals surface area contributed by atoms with Crippen LogP contribution in [0, 0.1) is 11.8 Å². The van der Waals surface area contributed by atoms with Crippen LogP contribution in [0.3, 0.4) is 0 Å². The van der Waals surface area contributed by atoms with E-state index in [-0.39, 0.29) is 12.3 Å². The van der Waals surface area contributed by atoms with Crippen molar-refractivity contribution in [3.05, 3.63) is 18.2 Å². The third-order valence-corrected chi connectivity index (χ3v) is 5.46. The van der Waals surface area contributed by atoms with Crippen molar-refractivity contribution in [3.8, 4) is 0 Å². The number of hydrogen-bond donors (Lipinski definition) is 7. The summed E-state index contributed by atoms with van der Waals surface area (Å²) in [7, 11) is 0. The number of carbonyl (C=O) groups is 4. The first kappa shape index (κ1) is 28.0. The van der Waals surface area contributed by atoms with E-state index in [1.54, 1.807) is 13.8 Å². The molecule has 0 radical (unpaired) electrons. The van der Waals surface area contributed by atoms with Crippen molar-refractivity contribution in [3.63, 3.8) is 0 Å². The molecular weight excluding hydrogens is 432 g/mol. The SMILES string of the molecule is CCC(C)C(N)C(=O)NC(Cc1cnc[nH]1)C(=O)NC(C(=O)NC(C(=O)O)C(C)O)C(C)C. The summed E-state index contributed by atoms with van der Waals surface area (Å²) < 4.78 is 0. The number of nitrogens with zero attached hydrogens (tertiary/aromatic N) is 1. The van der Waals surface area contributed by atoms with Gasteiger partial charge < -0.3 is 36.9 Å². The molecule has 0 saturated carbocycles. The molecule has 12 heteroatoms. The summed E-state index contributed by atoms with van der Waals surface area (Å²) in [6.45, 7) is 8.30. The summed E-state index contributed by atoms with van der Waals surface area (Å²) in [6.07, 6.45) is 2.35. The van der Waals surface area contributed by atoms with Gasteiger partial charge in [0.05, 0.1) is 18.5 Å². The van der Waals surface area contributed by atoms with E-state index in [0.717, 1.165) is 0 Å². The van der Waals surface area contributed by atoms with Gasteiger partial charge in [-0.2, -0.15) is 0 Å². The van der Waals surface area contributed by atoms with Gasteiger partial charge in [-0.05, 0) is 18.8 Å². The van der Waals surface area contributed by atoms with Gasteiger partial charge in [0.1, 0.15) is 12.1 Å². The van der Waals surface area contributed by atoms with E-state index in [1.165, 1.54) is 19.4 Å². The number of aromatic nitrogens is 2. The average molecular weight is 469 g/mol. The Bertz CT molecular complexity index is 797. The molecule has 0 aromatic carbocycles. The first-order valence-corrected chi connectivity index (χ1v) is 10.9. The first-order chi connectivity index (χ1) is 15.4. The highest BCUT2D eigenvalue weighted by Crippen LogP contribution is 2.09. The Balaban J connectivity index is 3.04. The van der Waals surface area contributed by atoms with E-state index in [2.05, 4.69) is 25.9 Å². The summed E-state index contributed by atoms with van der Waals surface area (Å²) in [4.78, 5) is 56.5. The lowest BCUT2D eigenvalue weighted by Gasteiger charge is -2.28. The minimum Gasteiger partial charge on any atom is -0.480 e. The van der Waals surface area contributed by atoms with Gasteiger partial charge >= 0.3 is 5.97 Å². The minimum absolute atomic E-state index is 0.0721. The van der Waals surface area contributed by atoms with E-state index in [0.29, 0.717) is 12.1 Å². The Morgan fingerprint density at radius 3 is 2.09 bits per heavy atom. The number of rotatable bonds is 13. The van der Waals surface area contributed by atoms with Gasteiger partial charge in [-0.3, -0.25) is 14.4 Å². The zero-order valence-electron chi connectivity index (χ0n) is 19.7. The number of aliphatic hydroxyl groups is 1. The Morgan fingerprint density at radius 2 is 1.64 bits per heavy atom. The zero-order chi connectivity index (χ0) is 25.3. The van der Waals surface area contributed by atoms with E-state index in [9.17, 15) is 29.4 Å². The van der Waals surface area contributed by atoms with Crippen LogP contribution in [0.5, 0.6) is 0 Å². The van der Waals surface area contributed by atoms with E-state index < -0.39 is 59.9 Å². The van der Waals surface area contributed by atoms with Crippen molar-refractivity contribution in [2.75, 3.05) is 0 Å². The molecule has 0 aliphatic heterocycles. The number of amides is 3. The van der Waals surface area contributed by atoms with Gasteiger partial charge in [-0.15, -0.1) is 0 Å². The smallest absolute Gasteiger partial charge is 0.328 e. The van der Waals surface area contributed by atoms with Gasteiger partial charge in [0.2, 0.25) is 17.7 Å². The number of carboxylic acids is 1. The zero-order valence-corrected chi connectivity index (χ0v) is 19.7. The van der Waals surface area contributed by atoms with Crippen molar-refractivity contribution >= 4 is 23.7 Å². The van der Waals surface area contributed by atoms with E-state index in [4.69, 9.17) is 5.73 Å². The Hall–Kier alpha value is -2.99. The number of carboxylic acid groups (broad SMARTS) is 1. The van der Waals surface area contributed by atoms with E-state index in [1.807, 2.05) is 13.8 Å². The molecule has 8 N–H and O–H groups in total. The third-order valence-electron chi connectivity index (χ3n) is 5.46. The summed E-state index contributed by atoms with van der Waals surface area (Å²) in [5.74, 6) is -3.85. The molecule has 1 aromatic rings. The number of aliphatic carboxylic acids is 1. The van der Waals surface area contributed by atoms with Crippen LogP contribution in [-0.2, 0) is 25.6 Å². The Kier molecular flexibility index (Phi) is 11.0. The molecule has 6 unspecified atom stereocenters. The molecule has 0 aliphatic carbocycles. The number of imidazole rings is 1. The van der Waals surface area contributed by atoms with Gasteiger partial charge in [0.25, 0.3) is 0 Å². The van der Waals surface area contributed by atoms with Crippen LogP contribution in [0.25, 0.3) is 0 Å². The normalized spacial score (nSPS) is 16.7. The van der Waals surface area contributed by atoms with Gasteiger partial charge in [0.15, 0.2) is 6.04 Å². The molecule has 3 amide bonds. The van der Waals surface area contributed by atoms with Crippen molar-refractivity contribution in [1.82, 2.24) is 25.9 Å². The predicted molar refractivity (Wildman–Crippen MR) is 120 cm³/mol. The second-order valence-electron chi connectivity index (χ2n) is 8.55. The molecule has 0 saturated heterocycles. The Morgan fingerprint density at radius 1 is 1.03 bits per heavy atom. The summed E-state index contributed by atoms with van der Waals surface area (Å²) >= 11 is 0. The number of nitrogens with one attached hydrogen (secondary N) is 4. The largest absolute Gasteiger partial charge is 0.480 e. The minimum atomic E-state index is -1.54. The summed E-state index contributed by atoms with van der Waals surface area (Å²) in [5.41, 5.74) is 6.58. The van der Waals surface area contributed by atoms with Gasteiger partial charge in [-0.25, -0.2) is 9.78 Å². The first-order valence-electron chi connectivity index (χ1n) is 10.9. The number of nitrogens with two attached hydrogens (primary N) is 1. The van der Waals surface area contributed by atoms with Crippen LogP contribution in [0.4, 0.5) is 0 Å². The lowest BCUT2D eigenvalue weighted by molar-refractivity contribution is -0.145. The average Bonchev–Trinajstić information content (AvgIpc) is 3.26. The number of hydrogen-bond acceptors (Lipinski definition) is 7. The van der Waals surface area contributed by atoms with Crippen LogP contribution in [-0.4, -0.2) is 74.1 Å². The lowest BCUT2D eigenvalue weighted by Crippen LogP contribution is -2.60. The molecule has 1 aromatic heterocycles. The van der Waals surface area contributed by atoms with Crippen LogP contribution < -0.4 is 21.7 Å². The fraction of sp³-hybridized carbons (Fsp3) is 0.667. The lowest BCUT2D eigenvalue weighted by atomic mass is 9.98. The molecule has 12 nitrogen and oxygen atoms in total. The monoisotopic (exact) mass is 468 g/mol. The molecule has 0 fully saturated rings. The number of aromatic amines is 1. The summed E-state index contributed by atoms with van der Waals surface area (Å²) in [6, 6.07) is -4.53. The van der Waals surface area contributed by atoms with Crippen LogP contribution in [0.2, 0.25) is 0 Å². The number of carbonyl (C=O) groups excluding carboxylic acids is 3. The van der Waals surface area contributed by atoms with Crippen molar-refractivity contribution in [2.24, 2.45) is 17.6 Å². The Labute approximate surface area is 193 Å². The maximum Gasteiger partial charge on any atom is 0.328 e. The van der Waals surface area contributed by atoms with Gasteiger partial charge in [-0.1, -0.05) is 34.1 Å². The predicted octanol–water partition coefficient (Wildman–Crippen LogP) is -1.10. The second-order valence-corrected chi connectivity index (χ2v) is 8.55. The summed E-state index contributed by atoms with van der Waals surface area (Å²) in [5, 5.41) is 26.3. The van der Waals surface area contributed by atoms with Crippen molar-refractivity contribution in [2.45, 2.75) is 77.7 Å². The third kappa shape index (κ3) is 8.46. The molecule has 0 aliphatic rings. The highest BCUT2D eigenvalue weighted by molar-refractivity contribution is 5.94. The topological polar surface area (TPSA) is 200 Å². The van der Waals surface area contributed by atoms with Crippen LogP contribution in [0.15, 0.2) is 12.5 Å². The van der Waals surface area contributed by atoms with Crippen molar-refractivity contribution in [1.29, 1.82) is 0 Å². The molecule has 0 spiro atoms. The molecule has 186 valence electrons. The fourth-order valence-corrected chi connectivity index (χ4v) is 3.03. The molecule has 33 heavy (non-hydrogen) atoms. The molecular formula is C21H36N6O6. The molecule has 0 bridgehead atoms. The highest BCUT2D eigenvalue weighted by Gasteiger charge is 2.33. The molecule has 1 rings (SSSR count). The van der Waals surface area contributed by atoms with Crippen molar-refractivity contribution < 1.29 is 29.4 Å². The maximum absolute atomic E-state index is 13.1.